The first-order valence-electron chi connectivity index (χ1n) is 12.0. The first-order chi connectivity index (χ1) is 16.9. The van der Waals surface area contributed by atoms with Crippen LogP contribution in [0.1, 0.15) is 34.4 Å². The summed E-state index contributed by atoms with van der Waals surface area (Å²) >= 11 is 0. The summed E-state index contributed by atoms with van der Waals surface area (Å²) in [6, 6.07) is 20.8. The Hall–Kier alpha value is -3.64. The van der Waals surface area contributed by atoms with E-state index in [-0.39, 0.29) is 23.4 Å². The molecule has 5 nitrogen and oxygen atoms in total. The Morgan fingerprint density at radius 3 is 2.71 bits per heavy atom. The van der Waals surface area contributed by atoms with E-state index in [2.05, 4.69) is 28.5 Å². The summed E-state index contributed by atoms with van der Waals surface area (Å²) in [7, 11) is 0. The third-order valence-electron chi connectivity index (χ3n) is 7.21. The van der Waals surface area contributed by atoms with Gasteiger partial charge in [0.15, 0.2) is 0 Å². The van der Waals surface area contributed by atoms with Crippen molar-refractivity contribution >= 4 is 22.6 Å². The van der Waals surface area contributed by atoms with Crippen LogP contribution in [0.4, 0.5) is 14.9 Å². The van der Waals surface area contributed by atoms with E-state index in [1.165, 1.54) is 23.1 Å². The molecule has 35 heavy (non-hydrogen) atoms. The average molecular weight is 470 g/mol. The highest BCUT2D eigenvalue weighted by Gasteiger charge is 2.61. The van der Waals surface area contributed by atoms with Crippen LogP contribution >= 0.6 is 0 Å². The van der Waals surface area contributed by atoms with Gasteiger partial charge in [0.2, 0.25) is 0 Å². The molecule has 1 spiro atoms. The first-order valence-corrected chi connectivity index (χ1v) is 12.0. The number of carbonyl (C=O) groups excluding carboxylic acids is 1. The number of aromatic amines is 1. The van der Waals surface area contributed by atoms with Crippen molar-refractivity contribution in [3.8, 4) is 0 Å². The molecule has 178 valence electrons. The number of H-pyrrole nitrogens is 1. The van der Waals surface area contributed by atoms with Crippen molar-refractivity contribution in [1.29, 1.82) is 0 Å². The number of nitrogens with one attached hydrogen (secondary N) is 2. The molecule has 2 N–H and O–H groups in total. The number of hydrogen-bond donors (Lipinski definition) is 2. The lowest BCUT2D eigenvalue weighted by Gasteiger charge is -2.34. The van der Waals surface area contributed by atoms with Crippen LogP contribution in [0.25, 0.3) is 10.9 Å². The molecule has 2 atom stereocenters. The number of urea groups is 1. The molecule has 3 aromatic carbocycles. The molecule has 6 rings (SSSR count). The third kappa shape index (κ3) is 3.98. The van der Waals surface area contributed by atoms with E-state index in [4.69, 9.17) is 4.74 Å². The van der Waals surface area contributed by atoms with Crippen LogP contribution in [0.2, 0.25) is 0 Å². The number of nitrogens with zero attached hydrogens (tertiary/aromatic N) is 1. The molecular formula is C29H28FN3O2. The molecule has 2 amide bonds. The average Bonchev–Trinajstić information content (AvgIpc) is 3.34. The van der Waals surface area contributed by atoms with Crippen molar-refractivity contribution in [2.45, 2.75) is 44.9 Å². The normalized spacial score (nSPS) is 20.8. The monoisotopic (exact) mass is 469 g/mol. The van der Waals surface area contributed by atoms with Crippen LogP contribution < -0.4 is 5.32 Å². The molecular weight excluding hydrogens is 441 g/mol. The lowest BCUT2D eigenvalue weighted by atomic mass is 9.88. The lowest BCUT2D eigenvalue weighted by Crippen LogP contribution is -2.45. The van der Waals surface area contributed by atoms with Gasteiger partial charge in [0.05, 0.1) is 19.3 Å². The summed E-state index contributed by atoms with van der Waals surface area (Å²) < 4.78 is 19.9. The summed E-state index contributed by atoms with van der Waals surface area (Å²) in [6.07, 6.45) is 0.783. The van der Waals surface area contributed by atoms with Crippen molar-refractivity contribution < 1.29 is 13.9 Å². The van der Waals surface area contributed by atoms with E-state index >= 15 is 0 Å². The van der Waals surface area contributed by atoms with Gasteiger partial charge in [-0.05, 0) is 72.9 Å². The molecule has 4 aromatic rings. The maximum atomic E-state index is 13.6. The second-order valence-corrected chi connectivity index (χ2v) is 9.98. The lowest BCUT2D eigenvalue weighted by molar-refractivity contribution is 0.0810. The Morgan fingerprint density at radius 1 is 1.11 bits per heavy atom. The molecule has 2 unspecified atom stereocenters. The van der Waals surface area contributed by atoms with Crippen LogP contribution in [-0.2, 0) is 23.3 Å². The zero-order valence-corrected chi connectivity index (χ0v) is 19.9. The molecule has 1 saturated carbocycles. The molecule has 2 heterocycles. The topological polar surface area (TPSA) is 57.4 Å². The van der Waals surface area contributed by atoms with Gasteiger partial charge in [0, 0.05) is 34.2 Å². The van der Waals surface area contributed by atoms with Gasteiger partial charge >= 0.3 is 6.03 Å². The van der Waals surface area contributed by atoms with Crippen LogP contribution in [0.3, 0.4) is 0 Å². The van der Waals surface area contributed by atoms with Crippen molar-refractivity contribution in [3.05, 3.63) is 100 Å². The van der Waals surface area contributed by atoms with Gasteiger partial charge in [-0.3, -0.25) is 0 Å². The molecule has 6 heteroatoms. The fraction of sp³-hybridized carbons (Fsp3) is 0.276. The molecule has 0 saturated heterocycles. The Bertz CT molecular complexity index is 1420. The van der Waals surface area contributed by atoms with Crippen molar-refractivity contribution in [1.82, 2.24) is 9.88 Å². The molecule has 0 radical (unpaired) electrons. The van der Waals surface area contributed by atoms with Crippen LogP contribution in [-0.4, -0.2) is 28.6 Å². The van der Waals surface area contributed by atoms with Gasteiger partial charge in [0.25, 0.3) is 0 Å². The Balaban J connectivity index is 1.29. The van der Waals surface area contributed by atoms with Crippen molar-refractivity contribution in [3.63, 3.8) is 0 Å². The quantitative estimate of drug-likeness (QED) is 0.374. The van der Waals surface area contributed by atoms with E-state index in [9.17, 15) is 9.18 Å². The minimum Gasteiger partial charge on any atom is -0.373 e. The van der Waals surface area contributed by atoms with E-state index < -0.39 is 0 Å². The molecule has 1 aromatic heterocycles. The minimum atomic E-state index is -0.277. The summed E-state index contributed by atoms with van der Waals surface area (Å²) in [5.41, 5.74) is 6.95. The van der Waals surface area contributed by atoms with Gasteiger partial charge in [-0.15, -0.1) is 0 Å². The van der Waals surface area contributed by atoms with Gasteiger partial charge in [-0.2, -0.15) is 0 Å². The number of carbonyl (C=O) groups is 1. The van der Waals surface area contributed by atoms with Crippen LogP contribution in [0, 0.1) is 19.7 Å². The minimum absolute atomic E-state index is 0.0412. The maximum Gasteiger partial charge on any atom is 0.322 e. The zero-order valence-electron chi connectivity index (χ0n) is 19.9. The second kappa shape index (κ2) is 8.24. The predicted octanol–water partition coefficient (Wildman–Crippen LogP) is 6.20. The number of fused-ring (bicyclic) bond motifs is 4. The predicted molar refractivity (Wildman–Crippen MR) is 135 cm³/mol. The summed E-state index contributed by atoms with van der Waals surface area (Å²) in [5.74, 6) is -0.262. The third-order valence-corrected chi connectivity index (χ3v) is 7.21. The maximum absolute atomic E-state index is 13.6. The highest BCUT2D eigenvalue weighted by atomic mass is 19.1. The highest BCUT2D eigenvalue weighted by Crippen LogP contribution is 2.56. The summed E-state index contributed by atoms with van der Waals surface area (Å²) in [5, 5.41) is 4.28. The fourth-order valence-electron chi connectivity index (χ4n) is 5.69. The molecule has 2 aliphatic rings. The Kier molecular flexibility index (Phi) is 5.15. The number of halogens is 1. The summed E-state index contributed by atoms with van der Waals surface area (Å²) in [6.45, 7) is 5.49. The van der Waals surface area contributed by atoms with Crippen LogP contribution in [0.5, 0.6) is 0 Å². The number of hydrogen-bond acceptors (Lipinski definition) is 2. The Morgan fingerprint density at radius 2 is 1.91 bits per heavy atom. The number of amides is 2. The van der Waals surface area contributed by atoms with E-state index in [1.54, 1.807) is 6.07 Å². The SMILES string of the molecule is Cc1cc(C)cc(NC(=O)N2Cc3[nH]c4ccccc4c3C3(CC3OCc3cccc(F)c3)C2)c1. The van der Waals surface area contributed by atoms with Gasteiger partial charge in [-0.1, -0.05) is 36.4 Å². The number of aryl methyl sites for hydroxylation is 2. The number of aromatic nitrogens is 1. The van der Waals surface area contributed by atoms with E-state index in [0.717, 1.165) is 40.0 Å². The number of rotatable bonds is 4. The molecule has 1 aliphatic heterocycles. The summed E-state index contributed by atoms with van der Waals surface area (Å²) in [4.78, 5) is 18.8. The second-order valence-electron chi connectivity index (χ2n) is 9.98. The van der Waals surface area contributed by atoms with E-state index in [1.807, 2.05) is 49.1 Å². The smallest absolute Gasteiger partial charge is 0.322 e. The highest BCUT2D eigenvalue weighted by molar-refractivity contribution is 5.92. The number of ether oxygens (including phenoxy) is 1. The number of benzene rings is 3. The largest absolute Gasteiger partial charge is 0.373 e. The zero-order chi connectivity index (χ0) is 24.2. The molecule has 1 aliphatic carbocycles. The van der Waals surface area contributed by atoms with Gasteiger partial charge < -0.3 is 19.9 Å². The van der Waals surface area contributed by atoms with Crippen molar-refractivity contribution in [2.75, 3.05) is 11.9 Å². The molecule has 1 fully saturated rings. The van der Waals surface area contributed by atoms with Gasteiger partial charge in [-0.25, -0.2) is 9.18 Å². The molecule has 0 bridgehead atoms. The fourth-order valence-corrected chi connectivity index (χ4v) is 5.69. The van der Waals surface area contributed by atoms with Crippen LogP contribution in [0.15, 0.2) is 66.7 Å². The van der Waals surface area contributed by atoms with Gasteiger partial charge in [0.1, 0.15) is 5.82 Å². The Labute approximate surface area is 203 Å². The first kappa shape index (κ1) is 21.9. The number of anilines is 1. The number of para-hydroxylation sites is 1. The van der Waals surface area contributed by atoms with E-state index in [0.29, 0.717) is 19.7 Å². The standard InChI is InChI=1S/C29H28FN3O2/c1-18-10-19(2)12-22(11-18)31-28(34)33-15-25-27(23-8-3-4-9-24(23)32-25)29(17-33)14-26(29)35-16-20-6-5-7-21(30)13-20/h3-13,26,32H,14-17H2,1-2H3,(H,31,34). The van der Waals surface area contributed by atoms with Crippen molar-refractivity contribution in [2.24, 2.45) is 0 Å².